The van der Waals surface area contributed by atoms with Crippen LogP contribution < -0.4 is 4.90 Å². The second kappa shape index (κ2) is 13.1. The van der Waals surface area contributed by atoms with Gasteiger partial charge >= 0.3 is 0 Å². The van der Waals surface area contributed by atoms with Crippen LogP contribution in [0.15, 0.2) is 200 Å². The number of hydrogen-bond donors (Lipinski definition) is 0. The van der Waals surface area contributed by atoms with Crippen molar-refractivity contribution < 1.29 is 0 Å². The topological polar surface area (TPSA) is 8.17 Å². The first-order valence-corrected chi connectivity index (χ1v) is 20.0. The molecule has 0 saturated carbocycles. The summed E-state index contributed by atoms with van der Waals surface area (Å²) in [5.41, 5.74) is 13.1. The molecular weight excluding hydrogens is 697 g/mol. The molecule has 3 heteroatoms. The monoisotopic (exact) mass is 732 g/mol. The maximum Gasteiger partial charge on any atom is 0.0543 e. The molecule has 11 rings (SSSR count). The van der Waals surface area contributed by atoms with Gasteiger partial charge in [-0.3, -0.25) is 0 Å². The third-order valence-electron chi connectivity index (χ3n) is 11.2. The van der Waals surface area contributed by atoms with Gasteiger partial charge in [-0.25, -0.2) is 0 Å². The first-order valence-electron chi connectivity index (χ1n) is 19.2. The van der Waals surface area contributed by atoms with E-state index in [-0.39, 0.29) is 0 Å². The predicted octanol–water partition coefficient (Wildman–Crippen LogP) is 15.4. The van der Waals surface area contributed by atoms with Crippen molar-refractivity contribution >= 4 is 81.1 Å². The molecule has 0 atom stereocenters. The molecule has 0 bridgehead atoms. The fraction of sp³-hybridized carbons (Fsp3) is 0.0189. The molecule has 11 aromatic rings. The van der Waals surface area contributed by atoms with Gasteiger partial charge in [0.1, 0.15) is 0 Å². The number of nitrogens with zero attached hydrogens (tertiary/aromatic N) is 2. The summed E-state index contributed by atoms with van der Waals surface area (Å²) in [5, 5.41) is 7.69. The lowest BCUT2D eigenvalue weighted by atomic mass is 10.0. The fourth-order valence-corrected chi connectivity index (χ4v) is 9.73. The Morgan fingerprint density at radius 3 is 1.80 bits per heavy atom. The number of fused-ring (bicyclic) bond motifs is 7. The smallest absolute Gasteiger partial charge is 0.0543 e. The molecule has 0 N–H and O–H groups in total. The van der Waals surface area contributed by atoms with Gasteiger partial charge in [-0.05, 0) is 118 Å². The predicted molar refractivity (Wildman–Crippen MR) is 241 cm³/mol. The summed E-state index contributed by atoms with van der Waals surface area (Å²) < 4.78 is 5.05. The van der Waals surface area contributed by atoms with Gasteiger partial charge in [0, 0.05) is 53.7 Å². The summed E-state index contributed by atoms with van der Waals surface area (Å²) in [4.78, 5) is 2.37. The van der Waals surface area contributed by atoms with E-state index in [1.807, 2.05) is 11.3 Å². The molecule has 0 saturated heterocycles. The van der Waals surface area contributed by atoms with E-state index in [1.54, 1.807) is 0 Å². The van der Waals surface area contributed by atoms with Crippen LogP contribution >= 0.6 is 11.3 Å². The zero-order valence-electron chi connectivity index (χ0n) is 30.9. The third-order valence-corrected chi connectivity index (χ3v) is 12.5. The Hall–Kier alpha value is -6.94. The number of rotatable bonds is 6. The highest BCUT2D eigenvalue weighted by atomic mass is 32.1. The van der Waals surface area contributed by atoms with Crippen LogP contribution in [0.3, 0.4) is 0 Å². The number of hydrogen-bond acceptors (Lipinski definition) is 2. The highest BCUT2D eigenvalue weighted by Gasteiger charge is 2.17. The largest absolute Gasteiger partial charge is 0.311 e. The van der Waals surface area contributed by atoms with Crippen molar-refractivity contribution in [2.75, 3.05) is 4.90 Å². The SMILES string of the molecule is Cc1ccc2c3ccccc3n(-c3ccc(N(c4ccc(-c5ccc6ccccc6c5)cc4)c4ccc(-c5cccc6c5sc5ccccc56)cc4)cc3)c2c1. The number of para-hydroxylation sites is 1. The molecule has 2 heterocycles. The summed E-state index contributed by atoms with van der Waals surface area (Å²) in [6.07, 6.45) is 0. The number of aryl methyl sites for hydroxylation is 1. The Bertz CT molecular complexity index is 3240. The average molecular weight is 733 g/mol. The van der Waals surface area contributed by atoms with Gasteiger partial charge in [-0.15, -0.1) is 11.3 Å². The maximum atomic E-state index is 2.40. The second-order valence-electron chi connectivity index (χ2n) is 14.7. The first kappa shape index (κ1) is 32.5. The molecule has 0 aliphatic heterocycles. The van der Waals surface area contributed by atoms with E-state index in [0.717, 1.165) is 22.7 Å². The fourth-order valence-electron chi connectivity index (χ4n) is 8.49. The highest BCUT2D eigenvalue weighted by Crippen LogP contribution is 2.42. The van der Waals surface area contributed by atoms with Gasteiger partial charge in [0.2, 0.25) is 0 Å². The summed E-state index contributed by atoms with van der Waals surface area (Å²) in [6.45, 7) is 2.17. The summed E-state index contributed by atoms with van der Waals surface area (Å²) in [5.74, 6) is 0. The molecule has 0 unspecified atom stereocenters. The quantitative estimate of drug-likeness (QED) is 0.165. The van der Waals surface area contributed by atoms with Crippen LogP contribution in [0.25, 0.3) is 80.7 Å². The average Bonchev–Trinajstić information content (AvgIpc) is 3.80. The van der Waals surface area contributed by atoms with Gasteiger partial charge in [-0.1, -0.05) is 127 Å². The molecule has 0 fully saturated rings. The summed E-state index contributed by atoms with van der Waals surface area (Å²) >= 11 is 1.88. The number of benzene rings is 9. The van der Waals surface area contributed by atoms with E-state index in [1.165, 1.54) is 80.6 Å². The minimum Gasteiger partial charge on any atom is -0.311 e. The minimum atomic E-state index is 1.10. The summed E-state index contributed by atoms with van der Waals surface area (Å²) in [7, 11) is 0. The van der Waals surface area contributed by atoms with Crippen LogP contribution in [0.2, 0.25) is 0 Å². The van der Waals surface area contributed by atoms with Crippen LogP contribution in [0.1, 0.15) is 5.56 Å². The van der Waals surface area contributed by atoms with Crippen molar-refractivity contribution in [1.82, 2.24) is 4.57 Å². The van der Waals surface area contributed by atoms with Crippen molar-refractivity contribution in [3.8, 4) is 27.9 Å². The van der Waals surface area contributed by atoms with Gasteiger partial charge in [0.05, 0.1) is 11.0 Å². The first-order chi connectivity index (χ1) is 27.7. The standard InChI is InChI=1S/C53H36N2S/c1-35-17-32-47-46-11-4-6-15-50(46)55(51(47)33-35)44-30-28-43(29-31-44)54(41-24-20-37(21-25-41)40-19-18-36-9-2-3-10-39(36)34-40)42-26-22-38(23-27-42)45-13-8-14-49-48-12-5-7-16-52(48)56-53(45)49/h2-34H,1H3. The second-order valence-corrected chi connectivity index (χ2v) is 15.7. The van der Waals surface area contributed by atoms with E-state index in [9.17, 15) is 0 Å². The van der Waals surface area contributed by atoms with E-state index in [4.69, 9.17) is 0 Å². The molecule has 264 valence electrons. The molecule has 0 spiro atoms. The Morgan fingerprint density at radius 1 is 0.411 bits per heavy atom. The van der Waals surface area contributed by atoms with Gasteiger partial charge < -0.3 is 9.47 Å². The van der Waals surface area contributed by atoms with Gasteiger partial charge in [-0.2, -0.15) is 0 Å². The molecular formula is C53H36N2S. The minimum absolute atomic E-state index is 1.10. The Labute approximate surface area is 329 Å². The van der Waals surface area contributed by atoms with Crippen molar-refractivity contribution in [3.05, 3.63) is 206 Å². The van der Waals surface area contributed by atoms with E-state index in [0.29, 0.717) is 0 Å². The zero-order valence-corrected chi connectivity index (χ0v) is 31.7. The van der Waals surface area contributed by atoms with Gasteiger partial charge in [0.25, 0.3) is 0 Å². The Balaban J connectivity index is 1.01. The Morgan fingerprint density at radius 2 is 1.02 bits per heavy atom. The molecule has 0 radical (unpaired) electrons. The van der Waals surface area contributed by atoms with Gasteiger partial charge in [0.15, 0.2) is 0 Å². The lowest BCUT2D eigenvalue weighted by Crippen LogP contribution is -2.10. The van der Waals surface area contributed by atoms with E-state index < -0.39 is 0 Å². The molecule has 0 amide bonds. The number of anilines is 3. The number of aromatic nitrogens is 1. The van der Waals surface area contributed by atoms with E-state index >= 15 is 0 Å². The summed E-state index contributed by atoms with van der Waals surface area (Å²) in [6, 6.07) is 73.3. The van der Waals surface area contributed by atoms with Crippen LogP contribution in [0.4, 0.5) is 17.1 Å². The third kappa shape index (κ3) is 5.39. The number of thiophene rings is 1. The van der Waals surface area contributed by atoms with Crippen LogP contribution in [-0.2, 0) is 0 Å². The zero-order chi connectivity index (χ0) is 37.2. The molecule has 56 heavy (non-hydrogen) atoms. The van der Waals surface area contributed by atoms with E-state index in [2.05, 4.69) is 217 Å². The van der Waals surface area contributed by atoms with Crippen molar-refractivity contribution in [1.29, 1.82) is 0 Å². The lowest BCUT2D eigenvalue weighted by Gasteiger charge is -2.26. The highest BCUT2D eigenvalue weighted by molar-refractivity contribution is 7.26. The molecule has 2 nitrogen and oxygen atoms in total. The maximum absolute atomic E-state index is 2.40. The molecule has 0 aliphatic carbocycles. The Kier molecular flexibility index (Phi) is 7.61. The normalized spacial score (nSPS) is 11.7. The van der Waals surface area contributed by atoms with Crippen LogP contribution in [0.5, 0.6) is 0 Å². The molecule has 0 aliphatic rings. The van der Waals surface area contributed by atoms with Crippen LogP contribution in [-0.4, -0.2) is 4.57 Å². The van der Waals surface area contributed by atoms with Crippen LogP contribution in [0, 0.1) is 6.92 Å². The van der Waals surface area contributed by atoms with Crippen molar-refractivity contribution in [3.63, 3.8) is 0 Å². The molecule has 2 aromatic heterocycles. The lowest BCUT2D eigenvalue weighted by molar-refractivity contribution is 1.17. The van der Waals surface area contributed by atoms with Crippen molar-refractivity contribution in [2.45, 2.75) is 6.92 Å². The molecule has 9 aromatic carbocycles. The van der Waals surface area contributed by atoms with Crippen molar-refractivity contribution in [2.24, 2.45) is 0 Å².